The standard InChI is InChI=1S/C20H24ClN3O4S/c1-13-7-8-18(22-11-13)23-20(26)16(9-14-5-3-4-6-14)24-12-15(21)17(10-19(24)25)29(2,27)28/h7-8,10-12,14,16H,3-6,9H2,1-2H3,(H,22,23,26)/t16-/m0/s1. The molecule has 0 spiro atoms. The van der Waals surface area contributed by atoms with Gasteiger partial charge in [0.2, 0.25) is 5.91 Å². The molecule has 1 aliphatic carbocycles. The molecule has 0 aliphatic heterocycles. The summed E-state index contributed by atoms with van der Waals surface area (Å²) in [6, 6.07) is 3.71. The van der Waals surface area contributed by atoms with Crippen LogP contribution >= 0.6 is 11.6 Å². The van der Waals surface area contributed by atoms with Crippen molar-refractivity contribution in [1.29, 1.82) is 0 Å². The summed E-state index contributed by atoms with van der Waals surface area (Å²) in [5, 5.41) is 2.68. The highest BCUT2D eigenvalue weighted by Crippen LogP contribution is 2.33. The van der Waals surface area contributed by atoms with Crippen LogP contribution in [-0.2, 0) is 14.6 Å². The third-order valence-electron chi connectivity index (χ3n) is 5.23. The lowest BCUT2D eigenvalue weighted by molar-refractivity contribution is -0.119. The highest BCUT2D eigenvalue weighted by atomic mass is 35.5. The molecular weight excluding hydrogens is 414 g/mol. The van der Waals surface area contributed by atoms with E-state index in [2.05, 4.69) is 10.3 Å². The van der Waals surface area contributed by atoms with Crippen molar-refractivity contribution < 1.29 is 13.2 Å². The summed E-state index contributed by atoms with van der Waals surface area (Å²) < 4.78 is 24.9. The SMILES string of the molecule is Cc1ccc(NC(=O)[C@H](CC2CCCC2)n2cc(Cl)c(S(C)(=O)=O)cc2=O)nc1. The van der Waals surface area contributed by atoms with Crippen molar-refractivity contribution in [2.24, 2.45) is 5.92 Å². The van der Waals surface area contributed by atoms with E-state index in [1.807, 2.05) is 13.0 Å². The van der Waals surface area contributed by atoms with Crippen LogP contribution in [0.1, 0.15) is 43.7 Å². The number of nitrogens with one attached hydrogen (secondary N) is 1. The van der Waals surface area contributed by atoms with Crippen molar-refractivity contribution in [1.82, 2.24) is 9.55 Å². The van der Waals surface area contributed by atoms with Gasteiger partial charge < -0.3 is 9.88 Å². The van der Waals surface area contributed by atoms with E-state index in [0.717, 1.165) is 43.6 Å². The average Bonchev–Trinajstić information content (AvgIpc) is 3.15. The number of aromatic nitrogens is 2. The number of aryl methyl sites for hydroxylation is 1. The Morgan fingerprint density at radius 1 is 1.34 bits per heavy atom. The lowest BCUT2D eigenvalue weighted by Gasteiger charge is -2.23. The Bertz CT molecular complexity index is 1060. The van der Waals surface area contributed by atoms with Crippen molar-refractivity contribution in [3.8, 4) is 0 Å². The lowest BCUT2D eigenvalue weighted by Crippen LogP contribution is -2.34. The molecule has 2 aromatic rings. The summed E-state index contributed by atoms with van der Waals surface area (Å²) in [6.07, 6.45) is 8.55. The van der Waals surface area contributed by atoms with Crippen LogP contribution in [-0.4, -0.2) is 30.1 Å². The van der Waals surface area contributed by atoms with Gasteiger partial charge >= 0.3 is 0 Å². The van der Waals surface area contributed by atoms with Crippen molar-refractivity contribution in [2.75, 3.05) is 11.6 Å². The number of carbonyl (C=O) groups is 1. The molecular formula is C20H24ClN3O4S. The number of hydrogen-bond donors (Lipinski definition) is 1. The molecule has 0 saturated heterocycles. The van der Waals surface area contributed by atoms with E-state index in [9.17, 15) is 18.0 Å². The second kappa shape index (κ2) is 8.67. The highest BCUT2D eigenvalue weighted by molar-refractivity contribution is 7.90. The fourth-order valence-electron chi connectivity index (χ4n) is 3.69. The summed E-state index contributed by atoms with van der Waals surface area (Å²) in [6.45, 7) is 1.90. The van der Waals surface area contributed by atoms with Gasteiger partial charge in [-0.3, -0.25) is 9.59 Å². The summed E-state index contributed by atoms with van der Waals surface area (Å²) in [7, 11) is -3.65. The minimum absolute atomic E-state index is 0.0789. The van der Waals surface area contributed by atoms with Crippen LogP contribution in [0.15, 0.2) is 40.3 Å². The number of halogens is 1. The van der Waals surface area contributed by atoms with Gasteiger partial charge in [-0.15, -0.1) is 0 Å². The first-order chi connectivity index (χ1) is 13.6. The van der Waals surface area contributed by atoms with Crippen LogP contribution in [0.3, 0.4) is 0 Å². The largest absolute Gasteiger partial charge is 0.309 e. The van der Waals surface area contributed by atoms with E-state index >= 15 is 0 Å². The number of sulfone groups is 1. The molecule has 1 aliphatic rings. The number of nitrogens with zero attached hydrogens (tertiary/aromatic N) is 2. The number of carbonyl (C=O) groups excluding carboxylic acids is 1. The second-order valence-corrected chi connectivity index (χ2v) is 10.0. The normalized spacial score (nSPS) is 16.0. The van der Waals surface area contributed by atoms with Gasteiger partial charge in [-0.1, -0.05) is 43.4 Å². The van der Waals surface area contributed by atoms with Gasteiger partial charge in [-0.2, -0.15) is 0 Å². The van der Waals surface area contributed by atoms with E-state index < -0.39 is 21.4 Å². The minimum atomic E-state index is -3.65. The molecule has 0 bridgehead atoms. The van der Waals surface area contributed by atoms with Crippen molar-refractivity contribution in [2.45, 2.75) is 50.0 Å². The molecule has 29 heavy (non-hydrogen) atoms. The zero-order chi connectivity index (χ0) is 21.2. The molecule has 7 nitrogen and oxygen atoms in total. The van der Waals surface area contributed by atoms with Gasteiger partial charge in [0.1, 0.15) is 11.9 Å². The van der Waals surface area contributed by atoms with Crippen LogP contribution in [0.5, 0.6) is 0 Å². The molecule has 1 N–H and O–H groups in total. The van der Waals surface area contributed by atoms with Crippen LogP contribution in [0.4, 0.5) is 5.82 Å². The van der Waals surface area contributed by atoms with Crippen molar-refractivity contribution in [3.63, 3.8) is 0 Å². The van der Waals surface area contributed by atoms with E-state index in [0.29, 0.717) is 18.2 Å². The third kappa shape index (κ3) is 5.25. The molecule has 1 fully saturated rings. The van der Waals surface area contributed by atoms with Crippen LogP contribution in [0, 0.1) is 12.8 Å². The first kappa shape index (κ1) is 21.5. The number of hydrogen-bond acceptors (Lipinski definition) is 5. The van der Waals surface area contributed by atoms with Crippen molar-refractivity contribution >= 4 is 33.2 Å². The summed E-state index contributed by atoms with van der Waals surface area (Å²) in [5.41, 5.74) is 0.384. The number of pyridine rings is 2. The van der Waals surface area contributed by atoms with Gasteiger partial charge in [0, 0.05) is 24.7 Å². The number of rotatable bonds is 6. The molecule has 9 heteroatoms. The van der Waals surface area contributed by atoms with Gasteiger partial charge in [0.25, 0.3) is 5.56 Å². The molecule has 0 radical (unpaired) electrons. The first-order valence-electron chi connectivity index (χ1n) is 9.50. The predicted molar refractivity (Wildman–Crippen MR) is 112 cm³/mol. The summed E-state index contributed by atoms with van der Waals surface area (Å²) >= 11 is 6.15. The fourth-order valence-corrected chi connectivity index (χ4v) is 4.99. The van der Waals surface area contributed by atoms with E-state index in [1.54, 1.807) is 12.3 Å². The van der Waals surface area contributed by atoms with E-state index in [1.165, 1.54) is 10.8 Å². The first-order valence-corrected chi connectivity index (χ1v) is 11.8. The average molecular weight is 438 g/mol. The molecule has 3 rings (SSSR count). The maximum Gasteiger partial charge on any atom is 0.252 e. The smallest absolute Gasteiger partial charge is 0.252 e. The quantitative estimate of drug-likeness (QED) is 0.747. The topological polar surface area (TPSA) is 98.1 Å². The zero-order valence-electron chi connectivity index (χ0n) is 16.4. The Morgan fingerprint density at radius 2 is 2.03 bits per heavy atom. The van der Waals surface area contributed by atoms with Crippen molar-refractivity contribution in [3.05, 3.63) is 51.5 Å². The Kier molecular flexibility index (Phi) is 6.43. The molecule has 0 aromatic carbocycles. The maximum absolute atomic E-state index is 13.1. The highest BCUT2D eigenvalue weighted by Gasteiger charge is 2.29. The molecule has 1 atom stereocenters. The number of amides is 1. The molecule has 156 valence electrons. The molecule has 1 saturated carbocycles. The second-order valence-electron chi connectivity index (χ2n) is 7.62. The Morgan fingerprint density at radius 3 is 2.62 bits per heavy atom. The lowest BCUT2D eigenvalue weighted by atomic mass is 9.97. The number of anilines is 1. The van der Waals surface area contributed by atoms with Gasteiger partial charge in [0.05, 0.1) is 9.92 Å². The summed E-state index contributed by atoms with van der Waals surface area (Å²) in [5.74, 6) is 0.333. The van der Waals surface area contributed by atoms with Crippen LogP contribution in [0.25, 0.3) is 0 Å². The zero-order valence-corrected chi connectivity index (χ0v) is 18.0. The molecule has 0 unspecified atom stereocenters. The van der Waals surface area contributed by atoms with E-state index in [4.69, 9.17) is 11.6 Å². The fraction of sp³-hybridized carbons (Fsp3) is 0.450. The third-order valence-corrected chi connectivity index (χ3v) is 6.78. The Hall–Kier alpha value is -2.19. The van der Waals surface area contributed by atoms with Crippen LogP contribution in [0.2, 0.25) is 5.02 Å². The maximum atomic E-state index is 13.1. The van der Waals surface area contributed by atoms with Crippen LogP contribution < -0.4 is 10.9 Å². The minimum Gasteiger partial charge on any atom is -0.309 e. The summed E-state index contributed by atoms with van der Waals surface area (Å²) in [4.78, 5) is 29.7. The molecule has 2 heterocycles. The molecule has 2 aromatic heterocycles. The molecule has 1 amide bonds. The Balaban J connectivity index is 1.96. The van der Waals surface area contributed by atoms with E-state index in [-0.39, 0.29) is 15.8 Å². The monoisotopic (exact) mass is 437 g/mol. The van der Waals surface area contributed by atoms with Gasteiger partial charge in [-0.25, -0.2) is 13.4 Å². The predicted octanol–water partition coefficient (Wildman–Crippen LogP) is 3.37. The van der Waals surface area contributed by atoms with Gasteiger partial charge in [0.15, 0.2) is 9.84 Å². The van der Waals surface area contributed by atoms with Gasteiger partial charge in [-0.05, 0) is 30.9 Å². The Labute approximate surface area is 175 Å².